The minimum atomic E-state index is -0.188. The summed E-state index contributed by atoms with van der Waals surface area (Å²) < 4.78 is 0. The van der Waals surface area contributed by atoms with Crippen LogP contribution in [0.1, 0.15) is 18.9 Å². The Morgan fingerprint density at radius 1 is 1.39 bits per heavy atom. The largest absolute Gasteiger partial charge is 0.316 e. The van der Waals surface area contributed by atoms with E-state index in [0.29, 0.717) is 0 Å². The van der Waals surface area contributed by atoms with Crippen molar-refractivity contribution in [3.63, 3.8) is 0 Å². The highest BCUT2D eigenvalue weighted by Gasteiger charge is 2.26. The fourth-order valence-corrected chi connectivity index (χ4v) is 2.56. The topological polar surface area (TPSA) is 41.1 Å². The quantitative estimate of drug-likeness (QED) is 0.650. The first-order valence-electron chi connectivity index (χ1n) is 6.12. The molecule has 1 heterocycles. The maximum absolute atomic E-state index is 12.0. The van der Waals surface area contributed by atoms with E-state index in [1.54, 1.807) is 0 Å². The normalized spacial score (nSPS) is 20.4. The van der Waals surface area contributed by atoms with Crippen LogP contribution in [0.25, 0.3) is 5.57 Å². The minimum Gasteiger partial charge on any atom is -0.316 e. The molecule has 1 saturated heterocycles. The van der Waals surface area contributed by atoms with Crippen LogP contribution in [0.15, 0.2) is 35.9 Å². The van der Waals surface area contributed by atoms with Crippen molar-refractivity contribution >= 4 is 23.3 Å². The Hall–Kier alpha value is -1.32. The van der Waals surface area contributed by atoms with E-state index in [2.05, 4.69) is 10.2 Å². The van der Waals surface area contributed by atoms with Gasteiger partial charge in [0, 0.05) is 29.8 Å². The Labute approximate surface area is 112 Å². The molecule has 0 aliphatic carbocycles. The monoisotopic (exact) mass is 264 g/mol. The molecule has 1 amide bonds. The summed E-state index contributed by atoms with van der Waals surface area (Å²) in [7, 11) is 0. The number of carbonyl (C=O) groups excluding carboxylic acids is 1. The summed E-state index contributed by atoms with van der Waals surface area (Å²) in [4.78, 5) is 14.2. The SMILES string of the molecule is C/C(=C(/C(=O)NCl)C1CCNC1)c1ccccc1. The second-order valence-corrected chi connectivity index (χ2v) is 4.71. The Morgan fingerprint density at radius 2 is 2.11 bits per heavy atom. The van der Waals surface area contributed by atoms with Gasteiger partial charge in [-0.3, -0.25) is 9.63 Å². The van der Waals surface area contributed by atoms with Gasteiger partial charge >= 0.3 is 0 Å². The lowest BCUT2D eigenvalue weighted by Crippen LogP contribution is -2.24. The molecule has 18 heavy (non-hydrogen) atoms. The summed E-state index contributed by atoms with van der Waals surface area (Å²) in [6, 6.07) is 9.94. The van der Waals surface area contributed by atoms with E-state index < -0.39 is 0 Å². The minimum absolute atomic E-state index is 0.188. The van der Waals surface area contributed by atoms with Crippen molar-refractivity contribution in [1.29, 1.82) is 0 Å². The molecule has 1 aromatic rings. The highest BCUT2D eigenvalue weighted by Crippen LogP contribution is 2.27. The summed E-state index contributed by atoms with van der Waals surface area (Å²) in [6.07, 6.45) is 0.976. The van der Waals surface area contributed by atoms with Crippen molar-refractivity contribution in [2.75, 3.05) is 13.1 Å². The zero-order valence-electron chi connectivity index (χ0n) is 10.4. The van der Waals surface area contributed by atoms with Crippen LogP contribution >= 0.6 is 11.8 Å². The molecule has 2 N–H and O–H groups in total. The molecule has 4 heteroatoms. The number of nitrogens with one attached hydrogen (secondary N) is 2. The predicted octanol–water partition coefficient (Wildman–Crippen LogP) is 2.34. The highest BCUT2D eigenvalue weighted by molar-refractivity contribution is 6.25. The van der Waals surface area contributed by atoms with Gasteiger partial charge in [0.2, 0.25) is 0 Å². The predicted molar refractivity (Wildman–Crippen MR) is 74.0 cm³/mol. The summed E-state index contributed by atoms with van der Waals surface area (Å²) in [5.41, 5.74) is 2.86. The zero-order valence-corrected chi connectivity index (χ0v) is 11.1. The van der Waals surface area contributed by atoms with Crippen molar-refractivity contribution in [3.8, 4) is 0 Å². The Kier molecular flexibility index (Phi) is 4.39. The Balaban J connectivity index is 2.40. The molecule has 0 saturated carbocycles. The third-order valence-electron chi connectivity index (χ3n) is 3.41. The fraction of sp³-hybridized carbons (Fsp3) is 0.357. The van der Waals surface area contributed by atoms with Crippen LogP contribution in [0.2, 0.25) is 0 Å². The maximum Gasteiger partial charge on any atom is 0.262 e. The highest BCUT2D eigenvalue weighted by atomic mass is 35.5. The molecule has 0 spiro atoms. The molecule has 0 aromatic heterocycles. The number of carbonyl (C=O) groups is 1. The van der Waals surface area contributed by atoms with E-state index in [0.717, 1.165) is 36.2 Å². The van der Waals surface area contributed by atoms with E-state index in [-0.39, 0.29) is 11.8 Å². The molecular formula is C14H17ClN2O. The summed E-state index contributed by atoms with van der Waals surface area (Å²) in [6.45, 7) is 3.77. The van der Waals surface area contributed by atoms with Gasteiger partial charge in [0.15, 0.2) is 0 Å². The van der Waals surface area contributed by atoms with E-state index in [9.17, 15) is 4.79 Å². The third kappa shape index (κ3) is 2.74. The second-order valence-electron chi connectivity index (χ2n) is 4.52. The zero-order chi connectivity index (χ0) is 13.0. The molecule has 1 atom stereocenters. The number of rotatable bonds is 3. The van der Waals surface area contributed by atoms with Gasteiger partial charge in [-0.05, 0) is 31.0 Å². The van der Waals surface area contributed by atoms with Crippen molar-refractivity contribution in [2.24, 2.45) is 5.92 Å². The molecular weight excluding hydrogens is 248 g/mol. The van der Waals surface area contributed by atoms with Gasteiger partial charge in [0.25, 0.3) is 5.91 Å². The van der Waals surface area contributed by atoms with E-state index >= 15 is 0 Å². The summed E-state index contributed by atoms with van der Waals surface area (Å²) in [5.74, 6) is 0.0516. The average Bonchev–Trinajstić information content (AvgIpc) is 2.93. The summed E-state index contributed by atoms with van der Waals surface area (Å²) >= 11 is 5.50. The van der Waals surface area contributed by atoms with Gasteiger partial charge in [-0.2, -0.15) is 0 Å². The standard InChI is InChI=1S/C14H17ClN2O/c1-10(11-5-3-2-4-6-11)13(14(18)17-15)12-7-8-16-9-12/h2-6,12,16H,7-9H2,1H3,(H,17,18)/b13-10-. The van der Waals surface area contributed by atoms with Crippen LogP contribution in [0.5, 0.6) is 0 Å². The van der Waals surface area contributed by atoms with Crippen LogP contribution in [0, 0.1) is 5.92 Å². The van der Waals surface area contributed by atoms with Crippen molar-refractivity contribution in [2.45, 2.75) is 13.3 Å². The van der Waals surface area contributed by atoms with Gasteiger partial charge in [0.05, 0.1) is 0 Å². The summed E-state index contributed by atoms with van der Waals surface area (Å²) in [5, 5.41) is 3.28. The number of hydrogen-bond donors (Lipinski definition) is 2. The van der Waals surface area contributed by atoms with Crippen molar-refractivity contribution < 1.29 is 4.79 Å². The average molecular weight is 265 g/mol. The van der Waals surface area contributed by atoms with E-state index in [1.807, 2.05) is 37.3 Å². The lowest BCUT2D eigenvalue weighted by atomic mass is 9.90. The number of allylic oxidation sites excluding steroid dienone is 1. The molecule has 0 bridgehead atoms. The van der Waals surface area contributed by atoms with Crippen molar-refractivity contribution in [1.82, 2.24) is 10.2 Å². The van der Waals surface area contributed by atoms with Crippen LogP contribution in [-0.2, 0) is 4.79 Å². The van der Waals surface area contributed by atoms with Crippen LogP contribution in [0.4, 0.5) is 0 Å². The lowest BCUT2D eigenvalue weighted by molar-refractivity contribution is -0.116. The molecule has 2 rings (SSSR count). The molecule has 1 aliphatic rings. The van der Waals surface area contributed by atoms with Gasteiger partial charge in [-0.1, -0.05) is 30.3 Å². The van der Waals surface area contributed by atoms with Gasteiger partial charge < -0.3 is 5.32 Å². The first kappa shape index (κ1) is 13.1. The van der Waals surface area contributed by atoms with E-state index in [1.165, 1.54) is 0 Å². The number of hydrogen-bond acceptors (Lipinski definition) is 2. The third-order valence-corrected chi connectivity index (χ3v) is 3.58. The molecule has 0 radical (unpaired) electrons. The number of benzene rings is 1. The van der Waals surface area contributed by atoms with Gasteiger partial charge in [-0.15, -0.1) is 0 Å². The Morgan fingerprint density at radius 3 is 2.67 bits per heavy atom. The molecule has 1 fully saturated rings. The smallest absolute Gasteiger partial charge is 0.262 e. The maximum atomic E-state index is 12.0. The van der Waals surface area contributed by atoms with Crippen LogP contribution in [0.3, 0.4) is 0 Å². The lowest BCUT2D eigenvalue weighted by Gasteiger charge is -2.16. The molecule has 1 aromatic carbocycles. The molecule has 1 aliphatic heterocycles. The van der Waals surface area contributed by atoms with Crippen molar-refractivity contribution in [3.05, 3.63) is 41.5 Å². The van der Waals surface area contributed by atoms with Gasteiger partial charge in [0.1, 0.15) is 0 Å². The second kappa shape index (κ2) is 6.03. The molecule has 3 nitrogen and oxygen atoms in total. The Bertz CT molecular complexity index is 450. The molecule has 96 valence electrons. The van der Waals surface area contributed by atoms with Crippen LogP contribution < -0.4 is 10.2 Å². The van der Waals surface area contributed by atoms with E-state index in [4.69, 9.17) is 11.8 Å². The van der Waals surface area contributed by atoms with Crippen LogP contribution in [-0.4, -0.2) is 19.0 Å². The molecule has 1 unspecified atom stereocenters. The first-order valence-corrected chi connectivity index (χ1v) is 6.49. The number of amides is 1. The fourth-order valence-electron chi connectivity index (χ4n) is 2.46. The van der Waals surface area contributed by atoms with Gasteiger partial charge in [-0.25, -0.2) is 0 Å². The first-order chi connectivity index (χ1) is 8.74. The number of halogens is 1.